The number of halogens is 2. The van der Waals surface area contributed by atoms with Crippen LogP contribution in [-0.4, -0.2) is 31.5 Å². The molecule has 182 valence electrons. The van der Waals surface area contributed by atoms with E-state index in [4.69, 9.17) is 4.74 Å². The van der Waals surface area contributed by atoms with Crippen molar-refractivity contribution in [2.24, 2.45) is 0 Å². The molecule has 3 aromatic rings. The molecule has 0 aliphatic carbocycles. The summed E-state index contributed by atoms with van der Waals surface area (Å²) in [6.45, 7) is -0.433. The number of carbonyl (C=O) groups excluding carboxylic acids is 3. The third kappa shape index (κ3) is 7.01. The van der Waals surface area contributed by atoms with Crippen LogP contribution < -0.4 is 15.4 Å². The molecule has 2 amide bonds. The van der Waals surface area contributed by atoms with E-state index < -0.39 is 30.2 Å². The number of para-hydroxylation sites is 1. The van der Waals surface area contributed by atoms with Gasteiger partial charge < -0.3 is 20.1 Å². The number of methoxy groups -OCH3 is 1. The number of nitrogens with zero attached hydrogens (tertiary/aromatic N) is 1. The van der Waals surface area contributed by atoms with Gasteiger partial charge in [0.1, 0.15) is 23.2 Å². The first-order valence-electron chi connectivity index (χ1n) is 10.4. The van der Waals surface area contributed by atoms with Gasteiger partial charge in [-0.15, -0.1) is 0 Å². The van der Waals surface area contributed by atoms with Gasteiger partial charge in [-0.2, -0.15) is 5.26 Å². The monoisotopic (exact) mass is 551 g/mol. The molecule has 0 fully saturated rings. The number of anilines is 2. The zero-order valence-electron chi connectivity index (χ0n) is 18.9. The van der Waals surface area contributed by atoms with Gasteiger partial charge in [0, 0.05) is 15.7 Å². The Morgan fingerprint density at radius 2 is 1.78 bits per heavy atom. The number of ether oxygens (including phenoxy) is 2. The second-order valence-electron chi connectivity index (χ2n) is 7.19. The summed E-state index contributed by atoms with van der Waals surface area (Å²) in [7, 11) is 1.26. The first-order chi connectivity index (χ1) is 17.3. The standard InChI is InChI=1S/C26H19BrFN3O5/c1-35-26(34)16-6-9-20(10-7-16)30-25(33)18(14-29)12-17-13-19(27)8-11-23(17)36-15-24(32)31-22-5-3-2-4-21(22)28/h2-13H,15H2,1H3,(H,30,33)(H,31,32)/b18-12-. The smallest absolute Gasteiger partial charge is 0.337 e. The fourth-order valence-electron chi connectivity index (χ4n) is 2.97. The van der Waals surface area contributed by atoms with Crippen molar-refractivity contribution in [1.29, 1.82) is 5.26 Å². The van der Waals surface area contributed by atoms with E-state index in [2.05, 4.69) is 31.3 Å². The molecular formula is C26H19BrFN3O5. The van der Waals surface area contributed by atoms with Crippen LogP contribution in [0, 0.1) is 17.1 Å². The summed E-state index contributed by atoms with van der Waals surface area (Å²) < 4.78 is 24.6. The first kappa shape index (κ1) is 26.1. The molecule has 0 saturated carbocycles. The van der Waals surface area contributed by atoms with Crippen molar-refractivity contribution in [3.63, 3.8) is 0 Å². The fraction of sp³-hybridized carbons (Fsp3) is 0.0769. The lowest BCUT2D eigenvalue weighted by atomic mass is 10.1. The number of carbonyl (C=O) groups is 3. The number of rotatable bonds is 8. The van der Waals surface area contributed by atoms with Gasteiger partial charge in [0.25, 0.3) is 11.8 Å². The summed E-state index contributed by atoms with van der Waals surface area (Å²) in [4.78, 5) is 36.4. The molecule has 0 aliphatic rings. The molecule has 3 aromatic carbocycles. The number of hydrogen-bond donors (Lipinski definition) is 2. The fourth-order valence-corrected chi connectivity index (χ4v) is 3.34. The SMILES string of the molecule is COC(=O)c1ccc(NC(=O)/C(C#N)=C\c2cc(Br)ccc2OCC(=O)Nc2ccccc2F)cc1. The van der Waals surface area contributed by atoms with Crippen molar-refractivity contribution in [3.05, 3.63) is 93.7 Å². The average Bonchev–Trinajstić information content (AvgIpc) is 2.88. The second-order valence-corrected chi connectivity index (χ2v) is 8.11. The Hall–Kier alpha value is -4.49. The minimum Gasteiger partial charge on any atom is -0.483 e. The van der Waals surface area contributed by atoms with Crippen LogP contribution in [0.2, 0.25) is 0 Å². The van der Waals surface area contributed by atoms with E-state index in [1.54, 1.807) is 24.3 Å². The van der Waals surface area contributed by atoms with E-state index in [-0.39, 0.29) is 17.0 Å². The van der Waals surface area contributed by atoms with Gasteiger partial charge in [0.05, 0.1) is 18.4 Å². The van der Waals surface area contributed by atoms with Crippen LogP contribution in [0.1, 0.15) is 15.9 Å². The number of amides is 2. The molecule has 0 bridgehead atoms. The van der Waals surface area contributed by atoms with Gasteiger partial charge >= 0.3 is 5.97 Å². The number of benzene rings is 3. The lowest BCUT2D eigenvalue weighted by molar-refractivity contribution is -0.118. The number of nitrogens with one attached hydrogen (secondary N) is 2. The number of hydrogen-bond acceptors (Lipinski definition) is 6. The van der Waals surface area contributed by atoms with E-state index in [0.717, 1.165) is 0 Å². The minimum atomic E-state index is -0.688. The zero-order valence-corrected chi connectivity index (χ0v) is 20.5. The third-order valence-electron chi connectivity index (χ3n) is 4.71. The molecule has 0 atom stereocenters. The van der Waals surface area contributed by atoms with E-state index in [0.29, 0.717) is 21.3 Å². The van der Waals surface area contributed by atoms with Gasteiger partial charge in [0.15, 0.2) is 6.61 Å². The molecule has 36 heavy (non-hydrogen) atoms. The van der Waals surface area contributed by atoms with Crippen molar-refractivity contribution < 1.29 is 28.2 Å². The van der Waals surface area contributed by atoms with Crippen LogP contribution in [0.5, 0.6) is 5.75 Å². The van der Waals surface area contributed by atoms with Gasteiger partial charge in [-0.3, -0.25) is 9.59 Å². The number of esters is 1. The third-order valence-corrected chi connectivity index (χ3v) is 5.20. The van der Waals surface area contributed by atoms with Crippen molar-refractivity contribution in [2.45, 2.75) is 0 Å². The Morgan fingerprint density at radius 1 is 1.06 bits per heavy atom. The Morgan fingerprint density at radius 3 is 2.44 bits per heavy atom. The molecular weight excluding hydrogens is 533 g/mol. The van der Waals surface area contributed by atoms with Crippen LogP contribution >= 0.6 is 15.9 Å². The molecule has 10 heteroatoms. The Kier molecular flexibility index (Phi) is 8.91. The lowest BCUT2D eigenvalue weighted by Crippen LogP contribution is -2.21. The van der Waals surface area contributed by atoms with E-state index >= 15 is 0 Å². The molecule has 2 N–H and O–H groups in total. The maximum Gasteiger partial charge on any atom is 0.337 e. The highest BCUT2D eigenvalue weighted by Crippen LogP contribution is 2.26. The summed E-state index contributed by atoms with van der Waals surface area (Å²) in [5.41, 5.74) is 0.817. The second kappa shape index (κ2) is 12.3. The average molecular weight is 552 g/mol. The van der Waals surface area contributed by atoms with Crippen molar-refractivity contribution in [3.8, 4) is 11.8 Å². The van der Waals surface area contributed by atoms with Crippen LogP contribution in [0.3, 0.4) is 0 Å². The zero-order chi connectivity index (χ0) is 26.1. The topological polar surface area (TPSA) is 118 Å². The largest absolute Gasteiger partial charge is 0.483 e. The summed E-state index contributed by atoms with van der Waals surface area (Å²) in [5, 5.41) is 14.6. The molecule has 8 nitrogen and oxygen atoms in total. The summed E-state index contributed by atoms with van der Waals surface area (Å²) in [5.74, 6) is -2.15. The quantitative estimate of drug-likeness (QED) is 0.232. The van der Waals surface area contributed by atoms with Crippen LogP contribution in [0.25, 0.3) is 6.08 Å². The summed E-state index contributed by atoms with van der Waals surface area (Å²) in [6.07, 6.45) is 1.31. The Balaban J connectivity index is 1.73. The van der Waals surface area contributed by atoms with Crippen molar-refractivity contribution in [1.82, 2.24) is 0 Å². The predicted octanol–water partition coefficient (Wildman–Crippen LogP) is 4.94. The summed E-state index contributed by atoms with van der Waals surface area (Å²) in [6, 6.07) is 18.4. The Labute approximate surface area is 214 Å². The van der Waals surface area contributed by atoms with Crippen LogP contribution in [0.4, 0.5) is 15.8 Å². The molecule has 0 heterocycles. The number of nitriles is 1. The maximum absolute atomic E-state index is 13.8. The molecule has 3 rings (SSSR count). The van der Waals surface area contributed by atoms with Crippen LogP contribution in [-0.2, 0) is 14.3 Å². The highest BCUT2D eigenvalue weighted by Gasteiger charge is 2.14. The Bertz CT molecular complexity index is 1370. The van der Waals surface area contributed by atoms with Crippen LogP contribution in [0.15, 0.2) is 76.8 Å². The van der Waals surface area contributed by atoms with E-state index in [9.17, 15) is 24.0 Å². The first-order valence-corrected chi connectivity index (χ1v) is 11.2. The normalized spacial score (nSPS) is 10.7. The molecule has 0 spiro atoms. The molecule has 0 saturated heterocycles. The maximum atomic E-state index is 13.8. The highest BCUT2D eigenvalue weighted by atomic mass is 79.9. The van der Waals surface area contributed by atoms with E-state index in [1.807, 2.05) is 6.07 Å². The highest BCUT2D eigenvalue weighted by molar-refractivity contribution is 9.10. The lowest BCUT2D eigenvalue weighted by Gasteiger charge is -2.11. The molecule has 0 aliphatic heterocycles. The van der Waals surface area contributed by atoms with Crippen molar-refractivity contribution >= 4 is 51.2 Å². The van der Waals surface area contributed by atoms with Crippen molar-refractivity contribution in [2.75, 3.05) is 24.4 Å². The van der Waals surface area contributed by atoms with Gasteiger partial charge in [-0.05, 0) is 60.7 Å². The molecule has 0 radical (unpaired) electrons. The minimum absolute atomic E-state index is 0.0186. The predicted molar refractivity (Wildman–Crippen MR) is 135 cm³/mol. The van der Waals surface area contributed by atoms with E-state index in [1.165, 1.54) is 55.7 Å². The van der Waals surface area contributed by atoms with Gasteiger partial charge in [0.2, 0.25) is 0 Å². The van der Waals surface area contributed by atoms with Gasteiger partial charge in [-0.25, -0.2) is 9.18 Å². The van der Waals surface area contributed by atoms with Gasteiger partial charge in [-0.1, -0.05) is 28.1 Å². The molecule has 0 unspecified atom stereocenters. The molecule has 0 aromatic heterocycles. The summed E-state index contributed by atoms with van der Waals surface area (Å²) >= 11 is 3.33.